The van der Waals surface area contributed by atoms with E-state index in [9.17, 15) is 4.79 Å². The van der Waals surface area contributed by atoms with Gasteiger partial charge in [0.15, 0.2) is 11.5 Å². The average Bonchev–Trinajstić information content (AvgIpc) is 2.70. The lowest BCUT2D eigenvalue weighted by molar-refractivity contribution is -0.111. The number of likely N-dealkylation sites (N-methyl/N-ethyl adjacent to an activating group) is 1. The van der Waals surface area contributed by atoms with Gasteiger partial charge in [0, 0.05) is 18.3 Å². The first-order valence-corrected chi connectivity index (χ1v) is 9.08. The summed E-state index contributed by atoms with van der Waals surface area (Å²) in [4.78, 5) is 14.1. The highest BCUT2D eigenvalue weighted by Crippen LogP contribution is 2.17. The maximum absolute atomic E-state index is 12.1. The van der Waals surface area contributed by atoms with Crippen molar-refractivity contribution >= 4 is 11.6 Å². The van der Waals surface area contributed by atoms with Crippen molar-refractivity contribution < 1.29 is 14.3 Å². The van der Waals surface area contributed by atoms with Crippen LogP contribution in [0.5, 0.6) is 0 Å². The number of methoxy groups -OCH3 is 1. The van der Waals surface area contributed by atoms with E-state index in [-0.39, 0.29) is 5.91 Å². The Bertz CT molecular complexity index is 744. The minimum atomic E-state index is -0.310. The van der Waals surface area contributed by atoms with Crippen molar-refractivity contribution in [3.05, 3.63) is 65.7 Å². The lowest BCUT2D eigenvalue weighted by Gasteiger charge is -2.16. The zero-order valence-corrected chi connectivity index (χ0v) is 17.7. The van der Waals surface area contributed by atoms with Gasteiger partial charge in [-0.1, -0.05) is 32.6 Å². The molecule has 0 aliphatic rings. The van der Waals surface area contributed by atoms with Gasteiger partial charge in [-0.2, -0.15) is 5.26 Å². The van der Waals surface area contributed by atoms with Crippen LogP contribution in [0.1, 0.15) is 26.3 Å². The summed E-state index contributed by atoms with van der Waals surface area (Å²) in [5, 5.41) is 11.6. The zero-order chi connectivity index (χ0) is 21.5. The third kappa shape index (κ3) is 9.60. The molecular formula is C22H31N3O3. The van der Waals surface area contributed by atoms with Crippen LogP contribution < -0.4 is 5.32 Å². The fourth-order valence-corrected chi connectivity index (χ4v) is 1.96. The maximum Gasteiger partial charge on any atom is 0.248 e. The minimum Gasteiger partial charge on any atom is -0.493 e. The number of amides is 1. The van der Waals surface area contributed by atoms with Crippen molar-refractivity contribution in [1.82, 2.24) is 4.90 Å². The summed E-state index contributed by atoms with van der Waals surface area (Å²) in [6.45, 7) is 10.9. The number of anilines is 1. The Labute approximate surface area is 168 Å². The second-order valence-corrected chi connectivity index (χ2v) is 5.81. The summed E-state index contributed by atoms with van der Waals surface area (Å²) in [7, 11) is 5.43. The number of nitrogens with zero attached hydrogens (tertiary/aromatic N) is 2. The van der Waals surface area contributed by atoms with E-state index in [2.05, 4.69) is 11.9 Å². The van der Waals surface area contributed by atoms with Crippen molar-refractivity contribution in [3.63, 3.8) is 0 Å². The molecule has 1 N–H and O–H groups in total. The number of carbonyl (C=O) groups is 1. The van der Waals surface area contributed by atoms with Crippen LogP contribution in [0, 0.1) is 11.3 Å². The highest BCUT2D eigenvalue weighted by Gasteiger charge is 2.09. The third-order valence-electron chi connectivity index (χ3n) is 3.39. The van der Waals surface area contributed by atoms with Gasteiger partial charge in [0.2, 0.25) is 5.91 Å². The number of ether oxygens (including phenoxy) is 2. The number of carbonyl (C=O) groups excluding carboxylic acids is 1. The van der Waals surface area contributed by atoms with Gasteiger partial charge in [-0.3, -0.25) is 4.79 Å². The normalized spacial score (nSPS) is 11.1. The van der Waals surface area contributed by atoms with Gasteiger partial charge in [-0.15, -0.1) is 0 Å². The van der Waals surface area contributed by atoms with Crippen molar-refractivity contribution in [2.75, 3.05) is 39.7 Å². The summed E-state index contributed by atoms with van der Waals surface area (Å²) in [5.41, 5.74) is 1.76. The van der Waals surface area contributed by atoms with Crippen LogP contribution in [-0.4, -0.2) is 45.2 Å². The molecule has 0 saturated carbocycles. The summed E-state index contributed by atoms with van der Waals surface area (Å²) in [6, 6.07) is 8.74. The minimum absolute atomic E-state index is 0.310. The van der Waals surface area contributed by atoms with E-state index in [1.54, 1.807) is 30.3 Å². The number of rotatable bonds is 9. The quantitative estimate of drug-likeness (QED) is 0.394. The van der Waals surface area contributed by atoms with Crippen molar-refractivity contribution in [2.45, 2.75) is 20.8 Å². The topological polar surface area (TPSA) is 74.6 Å². The Balaban J connectivity index is 0.00000352. The molecule has 0 spiro atoms. The van der Waals surface area contributed by atoms with Crippen molar-refractivity contribution in [3.8, 4) is 6.07 Å². The highest BCUT2D eigenvalue weighted by atomic mass is 16.5. The first kappa shape index (κ1) is 25.0. The molecule has 0 aromatic heterocycles. The SMILES string of the molecule is C=C(OC)/C(OCCN(C)C)=C(C)/C=C/C(=O)Nc1cccc(C#N)c1.CC. The van der Waals surface area contributed by atoms with E-state index in [0.29, 0.717) is 29.4 Å². The molecule has 0 saturated heterocycles. The number of nitrogens with one attached hydrogen (secondary N) is 1. The predicted octanol–water partition coefficient (Wildman–Crippen LogP) is 4.09. The van der Waals surface area contributed by atoms with Crippen LogP contribution in [0.25, 0.3) is 0 Å². The van der Waals surface area contributed by atoms with E-state index >= 15 is 0 Å². The van der Waals surface area contributed by atoms with Gasteiger partial charge in [0.05, 0.1) is 18.7 Å². The maximum atomic E-state index is 12.1. The Kier molecular flexibility index (Phi) is 12.5. The average molecular weight is 386 g/mol. The molecule has 1 aromatic rings. The molecule has 0 bridgehead atoms. The Morgan fingerprint density at radius 1 is 1.32 bits per heavy atom. The monoisotopic (exact) mass is 385 g/mol. The predicted molar refractivity (Wildman–Crippen MR) is 114 cm³/mol. The van der Waals surface area contributed by atoms with Gasteiger partial charge >= 0.3 is 0 Å². The van der Waals surface area contributed by atoms with Gasteiger partial charge in [0.1, 0.15) is 6.61 Å². The Hall–Kier alpha value is -3.04. The molecule has 0 atom stereocenters. The summed E-state index contributed by atoms with van der Waals surface area (Å²) < 4.78 is 10.9. The molecule has 0 fully saturated rings. The second kappa shape index (κ2) is 14.1. The molecule has 0 unspecified atom stereocenters. The highest BCUT2D eigenvalue weighted by molar-refractivity contribution is 5.99. The third-order valence-corrected chi connectivity index (χ3v) is 3.39. The van der Waals surface area contributed by atoms with Crippen molar-refractivity contribution in [1.29, 1.82) is 5.26 Å². The van der Waals surface area contributed by atoms with Crippen LogP contribution in [0.2, 0.25) is 0 Å². The lowest BCUT2D eigenvalue weighted by atomic mass is 10.2. The van der Waals surface area contributed by atoms with Crippen molar-refractivity contribution in [2.24, 2.45) is 0 Å². The van der Waals surface area contributed by atoms with Crippen LogP contribution >= 0.6 is 0 Å². The number of nitriles is 1. The largest absolute Gasteiger partial charge is 0.493 e. The molecule has 28 heavy (non-hydrogen) atoms. The molecule has 0 aliphatic heterocycles. The molecule has 0 radical (unpaired) electrons. The molecule has 152 valence electrons. The Morgan fingerprint density at radius 3 is 2.57 bits per heavy atom. The number of hydrogen-bond donors (Lipinski definition) is 1. The van der Waals surface area contributed by atoms with E-state index in [0.717, 1.165) is 12.1 Å². The first-order valence-electron chi connectivity index (χ1n) is 9.08. The standard InChI is InChI=1S/C20H25N3O3.C2H6/c1-15(20(16(2)25-5)26-12-11-23(3)4)9-10-19(24)22-18-8-6-7-17(13-18)14-21;1-2/h6-10,13H,2,11-12H2,1,3-5H3,(H,22,24);1-2H3/b10-9+,20-15-;. The number of allylic oxidation sites excluding steroid dienone is 2. The molecule has 0 heterocycles. The zero-order valence-electron chi connectivity index (χ0n) is 17.7. The smallest absolute Gasteiger partial charge is 0.248 e. The van der Waals surface area contributed by atoms with Crippen LogP contribution in [-0.2, 0) is 14.3 Å². The van der Waals surface area contributed by atoms with E-state index in [1.165, 1.54) is 13.2 Å². The molecule has 1 aromatic carbocycles. The fourth-order valence-electron chi connectivity index (χ4n) is 1.96. The second-order valence-electron chi connectivity index (χ2n) is 5.81. The number of hydrogen-bond acceptors (Lipinski definition) is 5. The summed E-state index contributed by atoms with van der Waals surface area (Å²) >= 11 is 0. The van der Waals surface area contributed by atoms with E-state index in [4.69, 9.17) is 14.7 Å². The molecule has 0 aliphatic carbocycles. The fraction of sp³-hybridized carbons (Fsp3) is 0.364. The molecule has 1 rings (SSSR count). The van der Waals surface area contributed by atoms with E-state index < -0.39 is 0 Å². The van der Waals surface area contributed by atoms with Crippen LogP contribution in [0.4, 0.5) is 5.69 Å². The van der Waals surface area contributed by atoms with Crippen LogP contribution in [0.15, 0.2) is 60.1 Å². The molecule has 6 heteroatoms. The summed E-state index contributed by atoms with van der Waals surface area (Å²) in [6.07, 6.45) is 3.03. The van der Waals surface area contributed by atoms with Crippen LogP contribution in [0.3, 0.4) is 0 Å². The van der Waals surface area contributed by atoms with Gasteiger partial charge in [-0.05, 0) is 44.8 Å². The lowest BCUT2D eigenvalue weighted by Crippen LogP contribution is -2.18. The van der Waals surface area contributed by atoms with Gasteiger partial charge in [0.25, 0.3) is 0 Å². The van der Waals surface area contributed by atoms with Gasteiger partial charge in [-0.25, -0.2) is 0 Å². The molecular weight excluding hydrogens is 354 g/mol. The first-order chi connectivity index (χ1) is 13.4. The summed E-state index contributed by atoms with van der Waals surface area (Å²) in [5.74, 6) is 0.591. The van der Waals surface area contributed by atoms with Gasteiger partial charge < -0.3 is 19.7 Å². The number of benzene rings is 1. The Morgan fingerprint density at radius 2 is 2.00 bits per heavy atom. The molecule has 1 amide bonds. The molecule has 6 nitrogen and oxygen atoms in total. The van der Waals surface area contributed by atoms with E-state index in [1.807, 2.05) is 45.8 Å².